The van der Waals surface area contributed by atoms with E-state index in [9.17, 15) is 4.39 Å². The van der Waals surface area contributed by atoms with E-state index in [1.807, 2.05) is 54.6 Å². The molecule has 0 spiro atoms. The van der Waals surface area contributed by atoms with E-state index in [1.165, 1.54) is 12.1 Å². The topological polar surface area (TPSA) is 48.2 Å². The van der Waals surface area contributed by atoms with Gasteiger partial charge in [-0.15, -0.1) is 10.2 Å². The lowest BCUT2D eigenvalue weighted by molar-refractivity contribution is 0.306. The average molecular weight is 346 g/mol. The zero-order valence-electron chi connectivity index (χ0n) is 13.8. The third-order valence-electron chi connectivity index (χ3n) is 3.87. The highest BCUT2D eigenvalue weighted by atomic mass is 19.1. The normalized spacial score (nSPS) is 10.7. The molecule has 0 N–H and O–H groups in total. The Bertz CT molecular complexity index is 998. The third-order valence-corrected chi connectivity index (χ3v) is 3.87. The van der Waals surface area contributed by atoms with Gasteiger partial charge in [0, 0.05) is 5.56 Å². The smallest absolute Gasteiger partial charge is 0.251 e. The Morgan fingerprint density at radius 3 is 2.27 bits per heavy atom. The Balaban J connectivity index is 1.58. The van der Waals surface area contributed by atoms with Gasteiger partial charge < -0.3 is 9.15 Å². The molecule has 4 aromatic rings. The lowest BCUT2D eigenvalue weighted by Gasteiger charge is -2.09. The molecule has 0 aliphatic rings. The fraction of sp³-hybridized carbons (Fsp3) is 0.0476. The number of hydrogen-bond donors (Lipinski definition) is 0. The molecular weight excluding hydrogens is 331 g/mol. The van der Waals surface area contributed by atoms with E-state index in [1.54, 1.807) is 12.1 Å². The largest absolute Gasteiger partial charge is 0.488 e. The van der Waals surface area contributed by atoms with Crippen LogP contribution < -0.4 is 4.74 Å². The summed E-state index contributed by atoms with van der Waals surface area (Å²) in [4.78, 5) is 0. The van der Waals surface area contributed by atoms with Gasteiger partial charge in [-0.1, -0.05) is 42.5 Å². The molecule has 4 rings (SSSR count). The molecule has 4 nitrogen and oxygen atoms in total. The maximum absolute atomic E-state index is 13.0. The summed E-state index contributed by atoms with van der Waals surface area (Å²) in [6, 6.07) is 23.2. The van der Waals surface area contributed by atoms with E-state index < -0.39 is 0 Å². The minimum absolute atomic E-state index is 0.270. The van der Waals surface area contributed by atoms with Gasteiger partial charge in [-0.2, -0.15) is 0 Å². The molecule has 0 saturated carbocycles. The van der Waals surface area contributed by atoms with Crippen molar-refractivity contribution in [2.24, 2.45) is 0 Å². The molecule has 1 heterocycles. The van der Waals surface area contributed by atoms with Crippen LogP contribution in [-0.4, -0.2) is 10.2 Å². The molecule has 0 saturated heterocycles. The van der Waals surface area contributed by atoms with Gasteiger partial charge in [0.25, 0.3) is 5.89 Å². The molecule has 0 unspecified atom stereocenters. The van der Waals surface area contributed by atoms with Gasteiger partial charge in [0.1, 0.15) is 18.2 Å². The van der Waals surface area contributed by atoms with Crippen LogP contribution in [-0.2, 0) is 6.61 Å². The van der Waals surface area contributed by atoms with Crippen LogP contribution in [0.3, 0.4) is 0 Å². The summed E-state index contributed by atoms with van der Waals surface area (Å²) < 4.78 is 24.7. The number of aromatic nitrogens is 2. The third kappa shape index (κ3) is 3.47. The number of halogens is 1. The van der Waals surface area contributed by atoms with E-state index in [2.05, 4.69) is 10.2 Å². The van der Waals surface area contributed by atoms with E-state index in [0.717, 1.165) is 11.1 Å². The quantitative estimate of drug-likeness (QED) is 0.503. The van der Waals surface area contributed by atoms with Crippen molar-refractivity contribution < 1.29 is 13.5 Å². The van der Waals surface area contributed by atoms with E-state index in [4.69, 9.17) is 9.15 Å². The first-order valence-electron chi connectivity index (χ1n) is 8.15. The zero-order valence-corrected chi connectivity index (χ0v) is 13.8. The molecule has 3 aromatic carbocycles. The van der Waals surface area contributed by atoms with Crippen LogP contribution >= 0.6 is 0 Å². The van der Waals surface area contributed by atoms with Crippen molar-refractivity contribution in [3.63, 3.8) is 0 Å². The number of para-hydroxylation sites is 1. The van der Waals surface area contributed by atoms with E-state index >= 15 is 0 Å². The molecule has 1 aromatic heterocycles. The molecule has 0 amide bonds. The van der Waals surface area contributed by atoms with Gasteiger partial charge in [0.05, 0.1) is 5.56 Å². The average Bonchev–Trinajstić information content (AvgIpc) is 3.19. The lowest BCUT2D eigenvalue weighted by atomic mass is 10.2. The standard InChI is InChI=1S/C21H15FN2O2/c22-17-12-10-15(11-13-17)14-25-19-9-5-4-8-18(19)21-24-23-20(26-21)16-6-2-1-3-7-16/h1-13H,14H2. The second-order valence-corrected chi connectivity index (χ2v) is 5.69. The monoisotopic (exact) mass is 346 g/mol. The molecule has 0 bridgehead atoms. The Labute approximate surface area is 149 Å². The summed E-state index contributed by atoms with van der Waals surface area (Å²) in [6.45, 7) is 0.316. The Hall–Kier alpha value is -3.47. The molecule has 0 fully saturated rings. The van der Waals surface area contributed by atoms with Crippen LogP contribution in [0.1, 0.15) is 5.56 Å². The summed E-state index contributed by atoms with van der Waals surface area (Å²) >= 11 is 0. The minimum atomic E-state index is -0.270. The number of hydrogen-bond acceptors (Lipinski definition) is 4. The fourth-order valence-corrected chi connectivity index (χ4v) is 2.54. The highest BCUT2D eigenvalue weighted by molar-refractivity contribution is 5.64. The van der Waals surface area contributed by atoms with E-state index in [-0.39, 0.29) is 5.82 Å². The summed E-state index contributed by atoms with van der Waals surface area (Å²) in [5.74, 6) is 1.20. The fourth-order valence-electron chi connectivity index (χ4n) is 2.54. The van der Waals surface area contributed by atoms with Crippen LogP contribution in [0, 0.1) is 5.82 Å². The van der Waals surface area contributed by atoms with Gasteiger partial charge in [0.2, 0.25) is 5.89 Å². The predicted molar refractivity (Wildman–Crippen MR) is 95.9 cm³/mol. The zero-order chi connectivity index (χ0) is 17.8. The Morgan fingerprint density at radius 2 is 1.46 bits per heavy atom. The first kappa shape index (κ1) is 16.0. The van der Waals surface area contributed by atoms with Crippen LogP contribution in [0.25, 0.3) is 22.9 Å². The molecular formula is C21H15FN2O2. The van der Waals surface area contributed by atoms with Crippen LogP contribution in [0.4, 0.5) is 4.39 Å². The maximum Gasteiger partial charge on any atom is 0.251 e. The van der Waals surface area contributed by atoms with Gasteiger partial charge >= 0.3 is 0 Å². The first-order valence-corrected chi connectivity index (χ1v) is 8.15. The second-order valence-electron chi connectivity index (χ2n) is 5.69. The van der Waals surface area contributed by atoms with Crippen LogP contribution in [0.2, 0.25) is 0 Å². The van der Waals surface area contributed by atoms with Crippen molar-refractivity contribution in [2.45, 2.75) is 6.61 Å². The highest BCUT2D eigenvalue weighted by Gasteiger charge is 2.14. The van der Waals surface area contributed by atoms with Crippen molar-refractivity contribution in [1.82, 2.24) is 10.2 Å². The SMILES string of the molecule is Fc1ccc(COc2ccccc2-c2nnc(-c3ccccc3)o2)cc1. The highest BCUT2D eigenvalue weighted by Crippen LogP contribution is 2.31. The van der Waals surface area contributed by atoms with Crippen molar-refractivity contribution in [2.75, 3.05) is 0 Å². The molecule has 0 radical (unpaired) electrons. The maximum atomic E-state index is 13.0. The summed E-state index contributed by atoms with van der Waals surface area (Å²) in [5.41, 5.74) is 2.44. The molecule has 0 atom stereocenters. The number of rotatable bonds is 5. The van der Waals surface area contributed by atoms with Crippen molar-refractivity contribution >= 4 is 0 Å². The number of nitrogens with zero attached hydrogens (tertiary/aromatic N) is 2. The second kappa shape index (κ2) is 7.19. The predicted octanol–water partition coefficient (Wildman–Crippen LogP) is 5.12. The summed E-state index contributed by atoms with van der Waals surface area (Å²) in [5, 5.41) is 8.26. The summed E-state index contributed by atoms with van der Waals surface area (Å²) in [6.07, 6.45) is 0. The number of benzene rings is 3. The Morgan fingerprint density at radius 1 is 0.769 bits per heavy atom. The van der Waals surface area contributed by atoms with Gasteiger partial charge in [-0.25, -0.2) is 4.39 Å². The van der Waals surface area contributed by atoms with Crippen molar-refractivity contribution in [3.05, 3.63) is 90.2 Å². The van der Waals surface area contributed by atoms with E-state index in [0.29, 0.717) is 29.7 Å². The molecule has 0 aliphatic carbocycles. The Kier molecular flexibility index (Phi) is 4.43. The van der Waals surface area contributed by atoms with Crippen molar-refractivity contribution in [1.29, 1.82) is 0 Å². The van der Waals surface area contributed by atoms with Crippen LogP contribution in [0.5, 0.6) is 5.75 Å². The van der Waals surface area contributed by atoms with Crippen molar-refractivity contribution in [3.8, 4) is 28.7 Å². The van der Waals surface area contributed by atoms with Gasteiger partial charge in [-0.3, -0.25) is 0 Å². The molecule has 5 heteroatoms. The first-order chi connectivity index (χ1) is 12.8. The lowest BCUT2D eigenvalue weighted by Crippen LogP contribution is -1.97. The summed E-state index contributed by atoms with van der Waals surface area (Å²) in [7, 11) is 0. The van der Waals surface area contributed by atoms with Gasteiger partial charge in [0.15, 0.2) is 0 Å². The molecule has 0 aliphatic heterocycles. The number of ether oxygens (including phenoxy) is 1. The molecule has 128 valence electrons. The van der Waals surface area contributed by atoms with Crippen LogP contribution in [0.15, 0.2) is 83.3 Å². The van der Waals surface area contributed by atoms with Gasteiger partial charge in [-0.05, 0) is 42.0 Å². The molecule has 26 heavy (non-hydrogen) atoms. The minimum Gasteiger partial charge on any atom is -0.488 e.